The van der Waals surface area contributed by atoms with Gasteiger partial charge in [-0.05, 0) is 18.2 Å². The lowest BCUT2D eigenvalue weighted by atomic mass is 10.1. The maximum Gasteiger partial charge on any atom is 0.573 e. The highest BCUT2D eigenvalue weighted by Gasteiger charge is 2.31. The molecule has 2 rings (SSSR count). The molecular weight excluding hydrogens is 273 g/mol. The first kappa shape index (κ1) is 14.3. The van der Waals surface area contributed by atoms with Gasteiger partial charge in [-0.25, -0.2) is 9.97 Å². The summed E-state index contributed by atoms with van der Waals surface area (Å²) in [7, 11) is 1.53. The van der Waals surface area contributed by atoms with Crippen LogP contribution in [0.4, 0.5) is 13.2 Å². The highest BCUT2D eigenvalue weighted by molar-refractivity contribution is 5.61. The van der Waals surface area contributed by atoms with E-state index in [0.717, 1.165) is 0 Å². The highest BCUT2D eigenvalue weighted by atomic mass is 19.4. The normalized spacial score (nSPS) is 11.4. The Morgan fingerprint density at radius 3 is 2.65 bits per heavy atom. The second-order valence-electron chi connectivity index (χ2n) is 3.90. The Labute approximate surface area is 113 Å². The number of rotatable bonds is 4. The van der Waals surface area contributed by atoms with Crippen molar-refractivity contribution in [3.05, 3.63) is 42.4 Å². The average molecular weight is 284 g/mol. The van der Waals surface area contributed by atoms with Crippen molar-refractivity contribution < 1.29 is 22.6 Å². The van der Waals surface area contributed by atoms with Crippen LogP contribution in [0, 0.1) is 0 Å². The van der Waals surface area contributed by atoms with E-state index in [1.165, 1.54) is 31.6 Å². The molecule has 0 radical (unpaired) electrons. The van der Waals surface area contributed by atoms with Crippen molar-refractivity contribution >= 4 is 0 Å². The van der Waals surface area contributed by atoms with Crippen LogP contribution in [0.2, 0.25) is 0 Å². The third-order valence-corrected chi connectivity index (χ3v) is 2.38. The first-order valence-corrected chi connectivity index (χ1v) is 5.64. The second kappa shape index (κ2) is 5.87. The van der Waals surface area contributed by atoms with Crippen molar-refractivity contribution in [3.63, 3.8) is 0 Å². The predicted octanol–water partition coefficient (Wildman–Crippen LogP) is 3.19. The summed E-state index contributed by atoms with van der Waals surface area (Å²) >= 11 is 0. The third-order valence-electron chi connectivity index (χ3n) is 2.38. The minimum atomic E-state index is -4.72. The number of halogens is 3. The third kappa shape index (κ3) is 3.92. The minimum absolute atomic E-state index is 0.290. The van der Waals surface area contributed by atoms with Crippen LogP contribution >= 0.6 is 0 Å². The zero-order valence-corrected chi connectivity index (χ0v) is 10.5. The molecule has 1 heterocycles. The van der Waals surface area contributed by atoms with E-state index in [2.05, 4.69) is 14.7 Å². The minimum Gasteiger partial charge on any atom is -0.406 e. The van der Waals surface area contributed by atoms with Gasteiger partial charge in [-0.3, -0.25) is 0 Å². The van der Waals surface area contributed by atoms with Gasteiger partial charge in [-0.15, -0.1) is 13.2 Å². The lowest BCUT2D eigenvalue weighted by Gasteiger charge is -2.10. The van der Waals surface area contributed by atoms with Crippen LogP contribution < -0.4 is 4.74 Å². The number of hydrogen-bond acceptors (Lipinski definition) is 4. The number of alkyl halides is 3. The summed E-state index contributed by atoms with van der Waals surface area (Å²) in [6, 6.07) is 7.26. The van der Waals surface area contributed by atoms with E-state index < -0.39 is 6.36 Å². The smallest absolute Gasteiger partial charge is 0.406 e. The molecule has 0 aliphatic carbocycles. The number of benzene rings is 1. The Morgan fingerprint density at radius 1 is 1.15 bits per heavy atom. The number of nitrogens with zero attached hydrogens (tertiary/aromatic N) is 2. The summed E-state index contributed by atoms with van der Waals surface area (Å²) < 4.78 is 45.3. The largest absolute Gasteiger partial charge is 0.573 e. The molecule has 0 aliphatic heterocycles. The van der Waals surface area contributed by atoms with Crippen LogP contribution in [0.15, 0.2) is 36.7 Å². The Balaban J connectivity index is 2.28. The molecule has 0 unspecified atom stereocenters. The van der Waals surface area contributed by atoms with Gasteiger partial charge in [0.1, 0.15) is 12.1 Å². The summed E-state index contributed by atoms with van der Waals surface area (Å²) in [5.41, 5.74) is 1.64. The topological polar surface area (TPSA) is 44.2 Å². The van der Waals surface area contributed by atoms with Crippen LogP contribution in [0.5, 0.6) is 5.75 Å². The molecule has 0 spiro atoms. The molecule has 2 aromatic rings. The summed E-state index contributed by atoms with van der Waals surface area (Å²) in [5, 5.41) is 0. The molecule has 106 valence electrons. The molecule has 0 aliphatic rings. The predicted molar refractivity (Wildman–Crippen MR) is 64.9 cm³/mol. The molecule has 0 bridgehead atoms. The van der Waals surface area contributed by atoms with Crippen molar-refractivity contribution in [2.24, 2.45) is 0 Å². The fourth-order valence-electron chi connectivity index (χ4n) is 1.63. The molecule has 1 aromatic carbocycles. The fourth-order valence-corrected chi connectivity index (χ4v) is 1.63. The Morgan fingerprint density at radius 2 is 1.95 bits per heavy atom. The molecule has 0 atom stereocenters. The first-order valence-electron chi connectivity index (χ1n) is 5.64. The monoisotopic (exact) mass is 284 g/mol. The van der Waals surface area contributed by atoms with E-state index in [-0.39, 0.29) is 5.75 Å². The quantitative estimate of drug-likeness (QED) is 0.865. The maximum atomic E-state index is 12.2. The van der Waals surface area contributed by atoms with Gasteiger partial charge in [-0.1, -0.05) is 12.1 Å². The molecule has 4 nitrogen and oxygen atoms in total. The zero-order chi connectivity index (χ0) is 14.6. The molecule has 1 aromatic heterocycles. The van der Waals surface area contributed by atoms with Gasteiger partial charge in [0.25, 0.3) is 0 Å². The summed E-state index contributed by atoms with van der Waals surface area (Å²) in [6.45, 7) is 0.300. The molecule has 0 N–H and O–H groups in total. The van der Waals surface area contributed by atoms with E-state index >= 15 is 0 Å². The van der Waals surface area contributed by atoms with Crippen molar-refractivity contribution in [2.45, 2.75) is 13.0 Å². The lowest BCUT2D eigenvalue weighted by molar-refractivity contribution is -0.274. The number of ether oxygens (including phenoxy) is 2. The molecule has 20 heavy (non-hydrogen) atoms. The van der Waals surface area contributed by atoms with E-state index in [9.17, 15) is 13.2 Å². The van der Waals surface area contributed by atoms with Gasteiger partial charge in [0.05, 0.1) is 18.0 Å². The fraction of sp³-hybridized carbons (Fsp3) is 0.231. The molecular formula is C13H11F3N2O2. The average Bonchev–Trinajstić information content (AvgIpc) is 2.38. The lowest BCUT2D eigenvalue weighted by Crippen LogP contribution is -2.17. The van der Waals surface area contributed by atoms with Crippen molar-refractivity contribution in [1.82, 2.24) is 9.97 Å². The zero-order valence-electron chi connectivity index (χ0n) is 10.5. The van der Waals surface area contributed by atoms with Crippen molar-refractivity contribution in [1.29, 1.82) is 0 Å². The van der Waals surface area contributed by atoms with Crippen LogP contribution in [0.1, 0.15) is 5.69 Å². The molecule has 0 saturated heterocycles. The van der Waals surface area contributed by atoms with Crippen LogP contribution in [0.25, 0.3) is 11.3 Å². The molecule has 0 saturated carbocycles. The van der Waals surface area contributed by atoms with E-state index in [4.69, 9.17) is 4.74 Å². The second-order valence-corrected chi connectivity index (χ2v) is 3.90. The van der Waals surface area contributed by atoms with Gasteiger partial charge in [-0.2, -0.15) is 0 Å². The number of aromatic nitrogens is 2. The SMILES string of the molecule is COCc1cc(-c2cccc(OC(F)(F)F)c2)ncn1. The first-order chi connectivity index (χ1) is 9.48. The van der Waals surface area contributed by atoms with Gasteiger partial charge < -0.3 is 9.47 Å². The number of methoxy groups -OCH3 is 1. The Bertz CT molecular complexity index is 588. The van der Waals surface area contributed by atoms with Crippen LogP contribution in [-0.4, -0.2) is 23.4 Å². The van der Waals surface area contributed by atoms with E-state index in [1.54, 1.807) is 12.1 Å². The van der Waals surface area contributed by atoms with Crippen molar-refractivity contribution in [2.75, 3.05) is 7.11 Å². The molecule has 0 fully saturated rings. The molecule has 0 amide bonds. The molecule has 7 heteroatoms. The van der Waals surface area contributed by atoms with Crippen LogP contribution in [0.3, 0.4) is 0 Å². The summed E-state index contributed by atoms with van der Waals surface area (Å²) in [5.74, 6) is -0.290. The number of hydrogen-bond donors (Lipinski definition) is 0. The maximum absolute atomic E-state index is 12.2. The van der Waals surface area contributed by atoms with E-state index in [0.29, 0.717) is 23.6 Å². The summed E-state index contributed by atoms with van der Waals surface area (Å²) in [4.78, 5) is 8.02. The van der Waals surface area contributed by atoms with Gasteiger partial charge in [0, 0.05) is 12.7 Å². The van der Waals surface area contributed by atoms with Gasteiger partial charge >= 0.3 is 6.36 Å². The van der Waals surface area contributed by atoms with Gasteiger partial charge in [0.15, 0.2) is 0 Å². The van der Waals surface area contributed by atoms with Crippen molar-refractivity contribution in [3.8, 4) is 17.0 Å². The van der Waals surface area contributed by atoms with Crippen LogP contribution in [-0.2, 0) is 11.3 Å². The van der Waals surface area contributed by atoms with E-state index in [1.807, 2.05) is 0 Å². The summed E-state index contributed by atoms with van der Waals surface area (Å²) in [6.07, 6.45) is -3.38. The standard InChI is InChI=1S/C13H11F3N2O2/c1-19-7-10-6-12(18-8-17-10)9-3-2-4-11(5-9)20-13(14,15)16/h2-6,8H,7H2,1H3. The van der Waals surface area contributed by atoms with Gasteiger partial charge in [0.2, 0.25) is 0 Å². The highest BCUT2D eigenvalue weighted by Crippen LogP contribution is 2.27. The Kier molecular flexibility index (Phi) is 4.19. The Hall–Kier alpha value is -2.15.